The lowest BCUT2D eigenvalue weighted by molar-refractivity contribution is 0.134. The SMILES string of the molecule is Brc1cncc2c1COC2. The van der Waals surface area contributed by atoms with Crippen molar-refractivity contribution in [1.29, 1.82) is 0 Å². The van der Waals surface area contributed by atoms with Crippen LogP contribution in [0.15, 0.2) is 16.9 Å². The third-order valence-electron chi connectivity index (χ3n) is 1.60. The first kappa shape index (κ1) is 6.31. The van der Waals surface area contributed by atoms with Gasteiger partial charge in [0, 0.05) is 28.0 Å². The van der Waals surface area contributed by atoms with Crippen LogP contribution in [0.3, 0.4) is 0 Å². The molecular formula is C7H6BrNO. The van der Waals surface area contributed by atoms with E-state index < -0.39 is 0 Å². The summed E-state index contributed by atoms with van der Waals surface area (Å²) in [6.07, 6.45) is 3.65. The summed E-state index contributed by atoms with van der Waals surface area (Å²) in [4.78, 5) is 4.03. The average Bonchev–Trinajstić information content (AvgIpc) is 2.36. The Morgan fingerprint density at radius 3 is 3.10 bits per heavy atom. The fourth-order valence-corrected chi connectivity index (χ4v) is 1.54. The normalized spacial score (nSPS) is 15.3. The maximum absolute atomic E-state index is 5.23. The summed E-state index contributed by atoms with van der Waals surface area (Å²) in [5, 5.41) is 0. The Balaban J connectivity index is 2.59. The minimum Gasteiger partial charge on any atom is -0.372 e. The highest BCUT2D eigenvalue weighted by Crippen LogP contribution is 2.25. The van der Waals surface area contributed by atoms with E-state index in [9.17, 15) is 0 Å². The van der Waals surface area contributed by atoms with Gasteiger partial charge in [-0.2, -0.15) is 0 Å². The fourth-order valence-electron chi connectivity index (χ4n) is 1.05. The minimum absolute atomic E-state index is 0.710. The summed E-state index contributed by atoms with van der Waals surface area (Å²) in [7, 11) is 0. The predicted octanol–water partition coefficient (Wildman–Crippen LogP) is 1.87. The van der Waals surface area contributed by atoms with Gasteiger partial charge in [-0.3, -0.25) is 4.98 Å². The molecule has 0 saturated heterocycles. The van der Waals surface area contributed by atoms with E-state index >= 15 is 0 Å². The summed E-state index contributed by atoms with van der Waals surface area (Å²) in [6, 6.07) is 0. The molecule has 3 heteroatoms. The molecule has 10 heavy (non-hydrogen) atoms. The van der Waals surface area contributed by atoms with Crippen LogP contribution in [0.25, 0.3) is 0 Å². The van der Waals surface area contributed by atoms with Crippen molar-refractivity contribution >= 4 is 15.9 Å². The van der Waals surface area contributed by atoms with Crippen LogP contribution in [-0.2, 0) is 18.0 Å². The molecule has 2 rings (SSSR count). The number of rotatable bonds is 0. The van der Waals surface area contributed by atoms with Crippen molar-refractivity contribution in [1.82, 2.24) is 4.98 Å². The number of nitrogens with zero attached hydrogens (tertiary/aromatic N) is 1. The third kappa shape index (κ3) is 0.859. The zero-order valence-corrected chi connectivity index (χ0v) is 6.89. The Kier molecular flexibility index (Phi) is 1.47. The van der Waals surface area contributed by atoms with E-state index in [1.807, 2.05) is 6.20 Å². The zero-order chi connectivity index (χ0) is 6.97. The van der Waals surface area contributed by atoms with Gasteiger partial charge in [0.05, 0.1) is 13.2 Å². The molecule has 2 nitrogen and oxygen atoms in total. The molecule has 1 aromatic rings. The minimum atomic E-state index is 0.710. The van der Waals surface area contributed by atoms with Gasteiger partial charge in [-0.15, -0.1) is 0 Å². The van der Waals surface area contributed by atoms with Gasteiger partial charge in [0.2, 0.25) is 0 Å². The standard InChI is InChI=1S/C7H6BrNO/c8-7-2-9-1-5-3-10-4-6(5)7/h1-2H,3-4H2. The van der Waals surface area contributed by atoms with Crippen molar-refractivity contribution in [3.8, 4) is 0 Å². The maximum Gasteiger partial charge on any atom is 0.0740 e. The molecule has 0 bridgehead atoms. The van der Waals surface area contributed by atoms with Gasteiger partial charge in [-0.05, 0) is 15.9 Å². The Bertz CT molecular complexity index is 262. The quantitative estimate of drug-likeness (QED) is 0.637. The van der Waals surface area contributed by atoms with Crippen molar-refractivity contribution in [2.45, 2.75) is 13.2 Å². The molecule has 0 N–H and O–H groups in total. The van der Waals surface area contributed by atoms with Gasteiger partial charge < -0.3 is 4.74 Å². The lowest BCUT2D eigenvalue weighted by Gasteiger charge is -1.95. The van der Waals surface area contributed by atoms with E-state index in [0.29, 0.717) is 6.61 Å². The number of halogens is 1. The number of pyridine rings is 1. The Morgan fingerprint density at radius 1 is 1.40 bits per heavy atom. The first-order valence-corrected chi connectivity index (χ1v) is 3.86. The second kappa shape index (κ2) is 2.32. The van der Waals surface area contributed by atoms with Gasteiger partial charge in [0.25, 0.3) is 0 Å². The molecule has 0 radical (unpaired) electrons. The maximum atomic E-state index is 5.23. The van der Waals surface area contributed by atoms with Gasteiger partial charge >= 0.3 is 0 Å². The first-order chi connectivity index (χ1) is 4.88. The van der Waals surface area contributed by atoms with E-state index in [1.165, 1.54) is 11.1 Å². The molecule has 0 atom stereocenters. The van der Waals surface area contributed by atoms with Crippen LogP contribution in [0.5, 0.6) is 0 Å². The van der Waals surface area contributed by atoms with Crippen LogP contribution >= 0.6 is 15.9 Å². The highest BCUT2D eigenvalue weighted by atomic mass is 79.9. The van der Waals surface area contributed by atoms with Crippen molar-refractivity contribution in [2.75, 3.05) is 0 Å². The van der Waals surface area contributed by atoms with E-state index in [4.69, 9.17) is 4.74 Å². The third-order valence-corrected chi connectivity index (χ3v) is 2.28. The van der Waals surface area contributed by atoms with E-state index in [-0.39, 0.29) is 0 Å². The predicted molar refractivity (Wildman–Crippen MR) is 40.4 cm³/mol. The molecule has 0 aliphatic carbocycles. The highest BCUT2D eigenvalue weighted by Gasteiger charge is 2.13. The van der Waals surface area contributed by atoms with Gasteiger partial charge in [0.15, 0.2) is 0 Å². The van der Waals surface area contributed by atoms with Gasteiger partial charge in [-0.1, -0.05) is 0 Å². The number of ether oxygens (including phenoxy) is 1. The molecule has 0 fully saturated rings. The molecule has 1 aromatic heterocycles. The Labute approximate surface area is 67.4 Å². The number of aromatic nitrogens is 1. The summed E-state index contributed by atoms with van der Waals surface area (Å²) in [5.74, 6) is 0. The fraction of sp³-hybridized carbons (Fsp3) is 0.286. The summed E-state index contributed by atoms with van der Waals surface area (Å²) in [6.45, 7) is 1.43. The molecule has 0 unspecified atom stereocenters. The van der Waals surface area contributed by atoms with Crippen LogP contribution in [0.1, 0.15) is 11.1 Å². The van der Waals surface area contributed by atoms with Crippen LogP contribution in [0.4, 0.5) is 0 Å². The monoisotopic (exact) mass is 199 g/mol. The molecule has 0 amide bonds. The Hall–Kier alpha value is -0.410. The molecule has 0 aromatic carbocycles. The summed E-state index contributed by atoms with van der Waals surface area (Å²) < 4.78 is 6.28. The number of hydrogen-bond donors (Lipinski definition) is 0. The van der Waals surface area contributed by atoms with E-state index in [1.54, 1.807) is 6.20 Å². The van der Waals surface area contributed by atoms with Crippen LogP contribution < -0.4 is 0 Å². The van der Waals surface area contributed by atoms with Crippen molar-refractivity contribution < 1.29 is 4.74 Å². The number of hydrogen-bond acceptors (Lipinski definition) is 2. The van der Waals surface area contributed by atoms with E-state index in [0.717, 1.165) is 11.1 Å². The smallest absolute Gasteiger partial charge is 0.0740 e. The second-order valence-corrected chi connectivity index (χ2v) is 3.11. The van der Waals surface area contributed by atoms with Crippen LogP contribution in [-0.4, -0.2) is 4.98 Å². The van der Waals surface area contributed by atoms with Gasteiger partial charge in [0.1, 0.15) is 0 Å². The topological polar surface area (TPSA) is 22.1 Å². The lowest BCUT2D eigenvalue weighted by Crippen LogP contribution is -1.84. The molecule has 1 aliphatic rings. The van der Waals surface area contributed by atoms with Crippen molar-refractivity contribution in [2.24, 2.45) is 0 Å². The molecule has 2 heterocycles. The largest absolute Gasteiger partial charge is 0.372 e. The Morgan fingerprint density at radius 2 is 2.30 bits per heavy atom. The first-order valence-electron chi connectivity index (χ1n) is 3.07. The van der Waals surface area contributed by atoms with Crippen molar-refractivity contribution in [3.63, 3.8) is 0 Å². The highest BCUT2D eigenvalue weighted by molar-refractivity contribution is 9.10. The van der Waals surface area contributed by atoms with Gasteiger partial charge in [-0.25, -0.2) is 0 Å². The van der Waals surface area contributed by atoms with Crippen LogP contribution in [0.2, 0.25) is 0 Å². The molecule has 0 spiro atoms. The average molecular weight is 200 g/mol. The van der Waals surface area contributed by atoms with Crippen LogP contribution in [0, 0.1) is 0 Å². The number of fused-ring (bicyclic) bond motifs is 1. The molecule has 52 valence electrons. The molecule has 0 saturated carbocycles. The molecular weight excluding hydrogens is 194 g/mol. The van der Waals surface area contributed by atoms with Crippen molar-refractivity contribution in [3.05, 3.63) is 28.0 Å². The second-order valence-electron chi connectivity index (χ2n) is 2.25. The molecule has 1 aliphatic heterocycles. The van der Waals surface area contributed by atoms with E-state index in [2.05, 4.69) is 20.9 Å². The summed E-state index contributed by atoms with van der Waals surface area (Å²) in [5.41, 5.74) is 2.45. The lowest BCUT2D eigenvalue weighted by atomic mass is 10.2. The zero-order valence-electron chi connectivity index (χ0n) is 5.30. The summed E-state index contributed by atoms with van der Waals surface area (Å²) >= 11 is 3.40.